The molecule has 0 N–H and O–H groups in total. The van der Waals surface area contributed by atoms with Crippen molar-refractivity contribution >= 4 is 11.9 Å². The topological polar surface area (TPSA) is 61.8 Å². The number of rotatable bonds is 48. The van der Waals surface area contributed by atoms with E-state index in [0.717, 1.165) is 109 Å². The third-order valence-electron chi connectivity index (χ3n) is 11.1. The summed E-state index contributed by atoms with van der Waals surface area (Å²) in [6.07, 6.45) is 72.8. The summed E-state index contributed by atoms with van der Waals surface area (Å²) in [6.45, 7) is 7.53. The molecule has 0 saturated heterocycles. The van der Waals surface area contributed by atoms with Gasteiger partial charge in [-0.25, -0.2) is 0 Å². The van der Waals surface area contributed by atoms with Crippen LogP contribution in [0.15, 0.2) is 97.2 Å². The minimum Gasteiger partial charge on any atom is -0.462 e. The molecule has 5 heteroatoms. The lowest BCUT2D eigenvalue weighted by molar-refractivity contribution is -0.163. The van der Waals surface area contributed by atoms with Gasteiger partial charge in [-0.05, 0) is 109 Å². The molecule has 0 fully saturated rings. The summed E-state index contributed by atoms with van der Waals surface area (Å²) in [5, 5.41) is 0. The van der Waals surface area contributed by atoms with E-state index in [1.54, 1.807) is 0 Å². The third kappa shape index (κ3) is 51.5. The Kier molecular flexibility index (Phi) is 51.5. The normalized spacial score (nSPS) is 13.0. The standard InChI is InChI=1S/C59H100O5/c1-4-7-10-13-16-19-22-24-26-28-30-31-33-35-38-40-43-46-49-52-58(60)63-56-57(64-59(61)53-50-47-44-41-37-21-18-15-12-9-6-3)55-62-54-51-48-45-42-39-36-34-32-29-27-25-23-20-17-14-11-8-5-2/h7-8,10-11,15-20,24-27,30-31,57H,4-6,9,12-14,21-23,28-29,32-56H2,1-3H3/b10-7-,11-8-,18-15-,19-16-,20-17-,26-24-,27-25-,31-30-. The van der Waals surface area contributed by atoms with E-state index in [1.807, 2.05) is 0 Å². The minimum absolute atomic E-state index is 0.0669. The van der Waals surface area contributed by atoms with Crippen LogP contribution >= 0.6 is 0 Å². The van der Waals surface area contributed by atoms with Crippen LogP contribution in [0.4, 0.5) is 0 Å². The molecule has 64 heavy (non-hydrogen) atoms. The second-order valence-electron chi connectivity index (χ2n) is 17.4. The van der Waals surface area contributed by atoms with Crippen LogP contribution in [0.1, 0.15) is 239 Å². The van der Waals surface area contributed by atoms with Crippen molar-refractivity contribution in [1.82, 2.24) is 0 Å². The van der Waals surface area contributed by atoms with Crippen LogP contribution in [0.5, 0.6) is 0 Å². The molecule has 0 radical (unpaired) electrons. The van der Waals surface area contributed by atoms with Gasteiger partial charge < -0.3 is 14.2 Å². The van der Waals surface area contributed by atoms with Crippen molar-refractivity contribution < 1.29 is 23.8 Å². The molecule has 0 aromatic rings. The Morgan fingerprint density at radius 3 is 1.14 bits per heavy atom. The molecule has 0 bridgehead atoms. The fourth-order valence-electron chi connectivity index (χ4n) is 7.14. The lowest BCUT2D eigenvalue weighted by Gasteiger charge is -2.18. The van der Waals surface area contributed by atoms with E-state index in [4.69, 9.17) is 14.2 Å². The highest BCUT2D eigenvalue weighted by Crippen LogP contribution is 2.14. The van der Waals surface area contributed by atoms with Gasteiger partial charge in [0.15, 0.2) is 6.10 Å². The molecule has 0 rings (SSSR count). The van der Waals surface area contributed by atoms with Gasteiger partial charge in [-0.1, -0.05) is 214 Å². The monoisotopic (exact) mass is 889 g/mol. The van der Waals surface area contributed by atoms with Crippen molar-refractivity contribution in [3.8, 4) is 0 Å². The highest BCUT2D eigenvalue weighted by molar-refractivity contribution is 5.70. The molecule has 0 spiro atoms. The van der Waals surface area contributed by atoms with Gasteiger partial charge in [-0.15, -0.1) is 0 Å². The molecule has 0 aromatic carbocycles. The number of allylic oxidation sites excluding steroid dienone is 16. The number of ether oxygens (including phenoxy) is 3. The molecule has 0 aliphatic rings. The maximum absolute atomic E-state index is 12.8. The maximum Gasteiger partial charge on any atom is 0.306 e. The van der Waals surface area contributed by atoms with Crippen LogP contribution in [-0.4, -0.2) is 37.9 Å². The van der Waals surface area contributed by atoms with Crippen molar-refractivity contribution in [3.63, 3.8) is 0 Å². The molecular formula is C59H100O5. The second kappa shape index (κ2) is 54.2. The van der Waals surface area contributed by atoms with Crippen LogP contribution in [-0.2, 0) is 23.8 Å². The van der Waals surface area contributed by atoms with E-state index < -0.39 is 6.10 Å². The lowest BCUT2D eigenvalue weighted by atomic mass is 10.1. The van der Waals surface area contributed by atoms with Crippen molar-refractivity contribution in [2.24, 2.45) is 0 Å². The van der Waals surface area contributed by atoms with Crippen molar-refractivity contribution in [2.45, 2.75) is 245 Å². The van der Waals surface area contributed by atoms with Crippen molar-refractivity contribution in [3.05, 3.63) is 97.2 Å². The van der Waals surface area contributed by atoms with Crippen molar-refractivity contribution in [2.75, 3.05) is 19.8 Å². The van der Waals surface area contributed by atoms with Crippen LogP contribution < -0.4 is 0 Å². The summed E-state index contributed by atoms with van der Waals surface area (Å²) in [5.41, 5.74) is 0. The van der Waals surface area contributed by atoms with Gasteiger partial charge in [-0.2, -0.15) is 0 Å². The average Bonchev–Trinajstić information content (AvgIpc) is 3.30. The predicted octanol–water partition coefficient (Wildman–Crippen LogP) is 18.2. The molecule has 0 amide bonds. The van der Waals surface area contributed by atoms with Gasteiger partial charge in [0.1, 0.15) is 6.61 Å². The predicted molar refractivity (Wildman–Crippen MR) is 279 cm³/mol. The molecular weight excluding hydrogens is 789 g/mol. The smallest absolute Gasteiger partial charge is 0.306 e. The second-order valence-corrected chi connectivity index (χ2v) is 17.4. The van der Waals surface area contributed by atoms with Crippen LogP contribution in [0, 0.1) is 0 Å². The SMILES string of the molecule is CC/C=C\C/C=C\C/C=C\C/C=C\CCCCCCCCC(=O)OCC(COCCCCCCCCCC/C=C\C/C=C\C/C=C\CC)OC(=O)CCCCCCC/C=C\CCCC. The first-order chi connectivity index (χ1) is 31.6. The Bertz CT molecular complexity index is 1230. The number of hydrogen-bond acceptors (Lipinski definition) is 5. The van der Waals surface area contributed by atoms with Gasteiger partial charge in [0.25, 0.3) is 0 Å². The van der Waals surface area contributed by atoms with E-state index in [1.165, 1.54) is 96.3 Å². The first-order valence-corrected chi connectivity index (χ1v) is 26.8. The Labute approximate surface area is 396 Å². The van der Waals surface area contributed by atoms with E-state index in [9.17, 15) is 9.59 Å². The van der Waals surface area contributed by atoms with Crippen molar-refractivity contribution in [1.29, 1.82) is 0 Å². The number of unbranched alkanes of at least 4 members (excludes halogenated alkanes) is 21. The van der Waals surface area contributed by atoms with E-state index >= 15 is 0 Å². The first-order valence-electron chi connectivity index (χ1n) is 26.8. The van der Waals surface area contributed by atoms with E-state index in [2.05, 4.69) is 118 Å². The molecule has 1 unspecified atom stereocenters. The summed E-state index contributed by atoms with van der Waals surface area (Å²) in [5.74, 6) is -0.430. The lowest BCUT2D eigenvalue weighted by Crippen LogP contribution is -2.30. The zero-order valence-electron chi connectivity index (χ0n) is 42.0. The number of carbonyl (C=O) groups excluding carboxylic acids is 2. The van der Waals surface area contributed by atoms with Gasteiger partial charge >= 0.3 is 11.9 Å². The Hall–Kier alpha value is -3.18. The third-order valence-corrected chi connectivity index (χ3v) is 11.1. The summed E-state index contributed by atoms with van der Waals surface area (Å²) < 4.78 is 17.4. The Morgan fingerprint density at radius 1 is 0.359 bits per heavy atom. The molecule has 0 heterocycles. The molecule has 366 valence electrons. The molecule has 5 nitrogen and oxygen atoms in total. The van der Waals surface area contributed by atoms with E-state index in [0.29, 0.717) is 19.4 Å². The van der Waals surface area contributed by atoms with E-state index in [-0.39, 0.29) is 25.2 Å². The molecule has 0 aromatic heterocycles. The Morgan fingerprint density at radius 2 is 0.703 bits per heavy atom. The fourth-order valence-corrected chi connectivity index (χ4v) is 7.14. The van der Waals surface area contributed by atoms with Gasteiger partial charge in [0.2, 0.25) is 0 Å². The molecule has 0 aliphatic carbocycles. The molecule has 0 saturated carbocycles. The number of hydrogen-bond donors (Lipinski definition) is 0. The van der Waals surface area contributed by atoms with Gasteiger partial charge in [0.05, 0.1) is 6.61 Å². The quantitative estimate of drug-likeness (QED) is 0.0346. The fraction of sp³-hybridized carbons (Fsp3) is 0.695. The first kappa shape index (κ1) is 60.8. The van der Waals surface area contributed by atoms with Gasteiger partial charge in [0, 0.05) is 19.4 Å². The van der Waals surface area contributed by atoms with Gasteiger partial charge in [-0.3, -0.25) is 9.59 Å². The van der Waals surface area contributed by atoms with Crippen LogP contribution in [0.2, 0.25) is 0 Å². The highest BCUT2D eigenvalue weighted by Gasteiger charge is 2.17. The zero-order chi connectivity index (χ0) is 46.3. The van der Waals surface area contributed by atoms with Crippen LogP contribution in [0.25, 0.3) is 0 Å². The molecule has 0 aliphatic heterocycles. The largest absolute Gasteiger partial charge is 0.462 e. The molecule has 1 atom stereocenters. The summed E-state index contributed by atoms with van der Waals surface area (Å²) >= 11 is 0. The number of carbonyl (C=O) groups is 2. The Balaban J connectivity index is 4.28. The number of esters is 2. The summed E-state index contributed by atoms with van der Waals surface area (Å²) in [6, 6.07) is 0. The highest BCUT2D eigenvalue weighted by atomic mass is 16.6. The van der Waals surface area contributed by atoms with Crippen LogP contribution in [0.3, 0.4) is 0 Å². The zero-order valence-corrected chi connectivity index (χ0v) is 42.0. The maximum atomic E-state index is 12.8. The average molecular weight is 889 g/mol. The summed E-state index contributed by atoms with van der Waals surface area (Å²) in [4.78, 5) is 25.4. The minimum atomic E-state index is -0.555. The summed E-state index contributed by atoms with van der Waals surface area (Å²) in [7, 11) is 0.